The first-order valence-electron chi connectivity index (χ1n) is 6.70. The summed E-state index contributed by atoms with van der Waals surface area (Å²) in [5, 5.41) is 6.55. The molecule has 2 aliphatic heterocycles. The van der Waals surface area contributed by atoms with Crippen molar-refractivity contribution in [3.05, 3.63) is 23.7 Å². The number of carbonyl (C=O) groups is 1. The smallest absolute Gasteiger partial charge is 0.229 e. The Bertz CT molecular complexity index is 638. The van der Waals surface area contributed by atoms with Gasteiger partial charge in [-0.2, -0.15) is 0 Å². The molecule has 3 atom stereocenters. The van der Waals surface area contributed by atoms with Crippen LogP contribution in [0.3, 0.4) is 0 Å². The Hall–Kier alpha value is -1.46. The van der Waals surface area contributed by atoms with Gasteiger partial charge in [0.15, 0.2) is 0 Å². The predicted molar refractivity (Wildman–Crippen MR) is 76.3 cm³/mol. The number of rotatable bonds is 2. The van der Waals surface area contributed by atoms with E-state index in [0.717, 1.165) is 28.7 Å². The van der Waals surface area contributed by atoms with Gasteiger partial charge in [0.25, 0.3) is 0 Å². The van der Waals surface area contributed by atoms with E-state index < -0.39 is 0 Å². The van der Waals surface area contributed by atoms with E-state index in [1.165, 1.54) is 6.42 Å². The van der Waals surface area contributed by atoms with Crippen molar-refractivity contribution in [1.82, 2.24) is 10.3 Å². The molecule has 0 saturated carbocycles. The number of benzene rings is 1. The largest absolute Gasteiger partial charge is 0.326 e. The van der Waals surface area contributed by atoms with Crippen molar-refractivity contribution in [3.8, 4) is 0 Å². The Kier molecular flexibility index (Phi) is 2.56. The molecule has 2 aromatic rings. The summed E-state index contributed by atoms with van der Waals surface area (Å²) in [7, 11) is 0. The van der Waals surface area contributed by atoms with Crippen LogP contribution in [-0.2, 0) is 4.79 Å². The molecule has 1 aromatic heterocycles. The fourth-order valence-corrected chi connectivity index (χ4v) is 4.00. The van der Waals surface area contributed by atoms with Crippen molar-refractivity contribution in [1.29, 1.82) is 0 Å². The van der Waals surface area contributed by atoms with Gasteiger partial charge in [-0.05, 0) is 37.5 Å². The number of hydrogen-bond acceptors (Lipinski definition) is 4. The molecule has 1 aromatic carbocycles. The zero-order valence-electron chi connectivity index (χ0n) is 10.4. The summed E-state index contributed by atoms with van der Waals surface area (Å²) in [5.74, 6) is 0.291. The summed E-state index contributed by atoms with van der Waals surface area (Å²) < 4.78 is 1.11. The molecule has 4 rings (SSSR count). The summed E-state index contributed by atoms with van der Waals surface area (Å²) in [6.07, 6.45) is 3.34. The minimum absolute atomic E-state index is 0.135. The Morgan fingerprint density at radius 1 is 1.42 bits per heavy atom. The van der Waals surface area contributed by atoms with Crippen molar-refractivity contribution in [2.45, 2.75) is 31.3 Å². The molecule has 3 unspecified atom stereocenters. The van der Waals surface area contributed by atoms with E-state index in [9.17, 15) is 4.79 Å². The highest BCUT2D eigenvalue weighted by molar-refractivity contribution is 7.16. The molecule has 4 nitrogen and oxygen atoms in total. The van der Waals surface area contributed by atoms with Crippen LogP contribution in [0.1, 0.15) is 19.3 Å². The zero-order valence-corrected chi connectivity index (χ0v) is 11.2. The average molecular weight is 273 g/mol. The third-order valence-electron chi connectivity index (χ3n) is 4.24. The van der Waals surface area contributed by atoms with Crippen LogP contribution in [0.15, 0.2) is 23.7 Å². The van der Waals surface area contributed by atoms with Crippen LogP contribution >= 0.6 is 11.3 Å². The van der Waals surface area contributed by atoms with Crippen molar-refractivity contribution >= 4 is 33.1 Å². The first-order chi connectivity index (χ1) is 9.29. The molecular weight excluding hydrogens is 258 g/mol. The molecule has 2 fully saturated rings. The second-order valence-corrected chi connectivity index (χ2v) is 6.30. The topological polar surface area (TPSA) is 54.0 Å². The summed E-state index contributed by atoms with van der Waals surface area (Å²) >= 11 is 1.60. The lowest BCUT2D eigenvalue weighted by Gasteiger charge is -2.19. The van der Waals surface area contributed by atoms with E-state index in [-0.39, 0.29) is 11.8 Å². The van der Waals surface area contributed by atoms with Crippen LogP contribution in [0, 0.1) is 5.92 Å². The van der Waals surface area contributed by atoms with Gasteiger partial charge in [-0.1, -0.05) is 0 Å². The highest BCUT2D eigenvalue weighted by atomic mass is 32.1. The normalized spacial score (nSPS) is 28.9. The molecule has 2 saturated heterocycles. The van der Waals surface area contributed by atoms with Gasteiger partial charge < -0.3 is 10.6 Å². The first-order valence-corrected chi connectivity index (χ1v) is 7.58. The minimum atomic E-state index is 0.135. The van der Waals surface area contributed by atoms with Gasteiger partial charge in [-0.3, -0.25) is 4.79 Å². The number of thiazole rings is 1. The quantitative estimate of drug-likeness (QED) is 0.883. The van der Waals surface area contributed by atoms with E-state index >= 15 is 0 Å². The number of hydrogen-bond donors (Lipinski definition) is 2. The molecular formula is C14H15N3OS. The first kappa shape index (κ1) is 11.4. The maximum Gasteiger partial charge on any atom is 0.229 e. The van der Waals surface area contributed by atoms with Crippen LogP contribution in [0.25, 0.3) is 10.2 Å². The average Bonchev–Trinajstić information content (AvgIpc) is 3.13. The van der Waals surface area contributed by atoms with E-state index in [1.807, 2.05) is 23.7 Å². The SMILES string of the molecule is O=C(Nc1ccc2ncsc2c1)C1CC2CCC1N2. The molecule has 2 N–H and O–H groups in total. The van der Waals surface area contributed by atoms with Crippen LogP contribution in [0.5, 0.6) is 0 Å². The van der Waals surface area contributed by atoms with Gasteiger partial charge in [-0.15, -0.1) is 11.3 Å². The molecule has 19 heavy (non-hydrogen) atoms. The number of amides is 1. The summed E-state index contributed by atoms with van der Waals surface area (Å²) in [6.45, 7) is 0. The van der Waals surface area contributed by atoms with E-state index in [0.29, 0.717) is 12.1 Å². The monoisotopic (exact) mass is 273 g/mol. The molecule has 0 spiro atoms. The van der Waals surface area contributed by atoms with E-state index in [1.54, 1.807) is 11.3 Å². The highest BCUT2D eigenvalue weighted by Crippen LogP contribution is 2.34. The van der Waals surface area contributed by atoms with Gasteiger partial charge >= 0.3 is 0 Å². The summed E-state index contributed by atoms with van der Waals surface area (Å²) in [6, 6.07) is 6.84. The van der Waals surface area contributed by atoms with Gasteiger partial charge in [0.1, 0.15) is 0 Å². The molecule has 1 amide bonds. The van der Waals surface area contributed by atoms with Crippen LogP contribution < -0.4 is 10.6 Å². The second kappa shape index (κ2) is 4.28. The maximum atomic E-state index is 12.3. The molecule has 98 valence electrons. The lowest BCUT2D eigenvalue weighted by Crippen LogP contribution is -2.32. The Morgan fingerprint density at radius 3 is 3.16 bits per heavy atom. The van der Waals surface area contributed by atoms with Crippen molar-refractivity contribution in [3.63, 3.8) is 0 Å². The lowest BCUT2D eigenvalue weighted by molar-refractivity contribution is -0.120. The molecule has 3 heterocycles. The van der Waals surface area contributed by atoms with Gasteiger partial charge in [0.05, 0.1) is 21.6 Å². The summed E-state index contributed by atoms with van der Waals surface area (Å²) in [4.78, 5) is 16.6. The standard InChI is InChI=1S/C14H15N3OS/c18-14(10-5-8-1-3-11(10)16-8)17-9-2-4-12-13(6-9)19-7-15-12/h2,4,6-8,10-11,16H,1,3,5H2,(H,17,18). The lowest BCUT2D eigenvalue weighted by atomic mass is 9.88. The predicted octanol–water partition coefficient (Wildman–Crippen LogP) is 2.38. The molecule has 5 heteroatoms. The number of aromatic nitrogens is 1. The van der Waals surface area contributed by atoms with Crippen molar-refractivity contribution in [2.75, 3.05) is 5.32 Å². The fraction of sp³-hybridized carbons (Fsp3) is 0.429. The number of nitrogens with one attached hydrogen (secondary N) is 2. The number of nitrogens with zero attached hydrogens (tertiary/aromatic N) is 1. The third-order valence-corrected chi connectivity index (χ3v) is 5.03. The Morgan fingerprint density at radius 2 is 2.37 bits per heavy atom. The number of anilines is 1. The van der Waals surface area contributed by atoms with Gasteiger partial charge in [-0.25, -0.2) is 4.98 Å². The van der Waals surface area contributed by atoms with E-state index in [2.05, 4.69) is 15.6 Å². The number of fused-ring (bicyclic) bond motifs is 3. The van der Waals surface area contributed by atoms with Crippen LogP contribution in [0.4, 0.5) is 5.69 Å². The highest BCUT2D eigenvalue weighted by Gasteiger charge is 2.42. The second-order valence-electron chi connectivity index (χ2n) is 5.41. The molecule has 0 aliphatic carbocycles. The van der Waals surface area contributed by atoms with Crippen LogP contribution in [-0.4, -0.2) is 23.0 Å². The molecule has 2 aliphatic rings. The minimum Gasteiger partial charge on any atom is -0.326 e. The fourth-order valence-electron chi connectivity index (χ4n) is 3.28. The third kappa shape index (κ3) is 1.93. The Labute approximate surface area is 115 Å². The Balaban J connectivity index is 1.52. The molecule has 0 radical (unpaired) electrons. The summed E-state index contributed by atoms with van der Waals surface area (Å²) in [5.41, 5.74) is 3.70. The van der Waals surface area contributed by atoms with E-state index in [4.69, 9.17) is 0 Å². The van der Waals surface area contributed by atoms with Crippen molar-refractivity contribution < 1.29 is 4.79 Å². The number of carbonyl (C=O) groups excluding carboxylic acids is 1. The molecule has 2 bridgehead atoms. The maximum absolute atomic E-state index is 12.3. The van der Waals surface area contributed by atoms with Crippen molar-refractivity contribution in [2.24, 2.45) is 5.92 Å². The zero-order chi connectivity index (χ0) is 12.8. The van der Waals surface area contributed by atoms with Gasteiger partial charge in [0.2, 0.25) is 5.91 Å². The van der Waals surface area contributed by atoms with Gasteiger partial charge in [0, 0.05) is 17.8 Å². The van der Waals surface area contributed by atoms with Crippen LogP contribution in [0.2, 0.25) is 0 Å².